The maximum atomic E-state index is 12.9. The fourth-order valence-corrected chi connectivity index (χ4v) is 4.33. The number of benzene rings is 2. The van der Waals surface area contributed by atoms with Crippen molar-refractivity contribution >= 4 is 22.7 Å². The fourth-order valence-electron chi connectivity index (χ4n) is 4.33. The second kappa shape index (κ2) is 11.0. The van der Waals surface area contributed by atoms with Gasteiger partial charge in [-0.15, -0.1) is 0 Å². The zero-order valence-corrected chi connectivity index (χ0v) is 20.0. The molecule has 184 valence electrons. The average molecular weight is 479 g/mol. The van der Waals surface area contributed by atoms with Gasteiger partial charge in [-0.2, -0.15) is 0 Å². The number of rotatable bonds is 8. The van der Waals surface area contributed by atoms with Crippen molar-refractivity contribution in [2.45, 2.75) is 38.3 Å². The van der Waals surface area contributed by atoms with Gasteiger partial charge < -0.3 is 19.7 Å². The number of carbonyl (C=O) groups excluding carboxylic acids is 2. The first-order valence-electron chi connectivity index (χ1n) is 11.7. The molecule has 1 fully saturated rings. The number of nitrogens with zero attached hydrogens (tertiary/aromatic N) is 3. The zero-order chi connectivity index (χ0) is 24.8. The summed E-state index contributed by atoms with van der Waals surface area (Å²) in [6, 6.07) is 12.5. The van der Waals surface area contributed by atoms with Crippen LogP contribution in [0.4, 0.5) is 0 Å². The summed E-state index contributed by atoms with van der Waals surface area (Å²) in [5.74, 6) is 0.959. The number of amides is 2. The molecule has 1 aliphatic heterocycles. The van der Waals surface area contributed by atoms with Crippen LogP contribution in [0.15, 0.2) is 53.6 Å². The Kier molecular flexibility index (Phi) is 7.64. The highest BCUT2D eigenvalue weighted by molar-refractivity contribution is 5.94. The summed E-state index contributed by atoms with van der Waals surface area (Å²) in [7, 11) is 3.05. The van der Waals surface area contributed by atoms with Crippen LogP contribution in [0.1, 0.15) is 36.0 Å². The van der Waals surface area contributed by atoms with Gasteiger partial charge in [0.25, 0.3) is 11.5 Å². The molecule has 0 saturated carbocycles. The average Bonchev–Trinajstić information content (AvgIpc) is 2.90. The molecule has 0 aliphatic carbocycles. The molecule has 1 aromatic heterocycles. The number of hydrogen-bond acceptors (Lipinski definition) is 6. The van der Waals surface area contributed by atoms with E-state index in [-0.39, 0.29) is 23.4 Å². The molecule has 1 saturated heterocycles. The Morgan fingerprint density at radius 2 is 1.74 bits per heavy atom. The van der Waals surface area contributed by atoms with E-state index in [2.05, 4.69) is 10.3 Å². The predicted molar refractivity (Wildman–Crippen MR) is 132 cm³/mol. The summed E-state index contributed by atoms with van der Waals surface area (Å²) in [5, 5.41) is 3.50. The molecule has 1 aliphatic rings. The highest BCUT2D eigenvalue weighted by atomic mass is 16.5. The summed E-state index contributed by atoms with van der Waals surface area (Å²) in [6.45, 7) is 1.61. The molecule has 0 bridgehead atoms. The highest BCUT2D eigenvalue weighted by Crippen LogP contribution is 2.29. The number of hydrogen-bond donors (Lipinski definition) is 1. The first kappa shape index (κ1) is 24.3. The van der Waals surface area contributed by atoms with Crippen LogP contribution in [0, 0.1) is 0 Å². The lowest BCUT2D eigenvalue weighted by Crippen LogP contribution is -2.46. The van der Waals surface area contributed by atoms with Crippen molar-refractivity contribution in [3.63, 3.8) is 0 Å². The van der Waals surface area contributed by atoms with Crippen LogP contribution in [-0.2, 0) is 11.3 Å². The molecule has 3 aromatic rings. The second-order valence-electron chi connectivity index (χ2n) is 8.57. The minimum atomic E-state index is -0.182. The number of carbonyl (C=O) groups is 2. The molecule has 0 atom stereocenters. The summed E-state index contributed by atoms with van der Waals surface area (Å²) in [4.78, 5) is 44.1. The molecule has 2 amide bonds. The van der Waals surface area contributed by atoms with Gasteiger partial charge in [0.2, 0.25) is 5.91 Å². The summed E-state index contributed by atoms with van der Waals surface area (Å²) < 4.78 is 12.1. The molecule has 4 rings (SSSR count). The van der Waals surface area contributed by atoms with Gasteiger partial charge in [-0.05, 0) is 37.5 Å². The van der Waals surface area contributed by atoms with Crippen LogP contribution in [0.2, 0.25) is 0 Å². The van der Waals surface area contributed by atoms with Crippen LogP contribution in [0.5, 0.6) is 11.5 Å². The van der Waals surface area contributed by atoms with Crippen LogP contribution < -0.4 is 20.3 Å². The van der Waals surface area contributed by atoms with Gasteiger partial charge in [0.15, 0.2) is 11.5 Å². The lowest BCUT2D eigenvalue weighted by Gasteiger charge is -2.32. The van der Waals surface area contributed by atoms with Crippen LogP contribution >= 0.6 is 0 Å². The van der Waals surface area contributed by atoms with Gasteiger partial charge in [0.05, 0.1) is 31.4 Å². The number of nitrogens with one attached hydrogen (secondary N) is 1. The van der Waals surface area contributed by atoms with E-state index in [1.165, 1.54) is 25.1 Å². The Morgan fingerprint density at radius 3 is 2.43 bits per heavy atom. The Hall–Kier alpha value is -3.88. The van der Waals surface area contributed by atoms with E-state index >= 15 is 0 Å². The topological polar surface area (TPSA) is 103 Å². The van der Waals surface area contributed by atoms with Crippen molar-refractivity contribution in [3.8, 4) is 11.5 Å². The van der Waals surface area contributed by atoms with Crippen molar-refractivity contribution in [1.29, 1.82) is 0 Å². The molecule has 0 radical (unpaired) electrons. The molecule has 9 heteroatoms. The molecule has 1 N–H and O–H groups in total. The van der Waals surface area contributed by atoms with Gasteiger partial charge in [-0.1, -0.05) is 18.2 Å². The maximum Gasteiger partial charge on any atom is 0.261 e. The number of aryl methyl sites for hydroxylation is 1. The normalized spacial score (nSPS) is 14.1. The molecule has 35 heavy (non-hydrogen) atoms. The van der Waals surface area contributed by atoms with Crippen molar-refractivity contribution in [1.82, 2.24) is 19.8 Å². The van der Waals surface area contributed by atoms with Crippen LogP contribution in [0.3, 0.4) is 0 Å². The summed E-state index contributed by atoms with van der Waals surface area (Å²) in [6.07, 6.45) is 3.83. The quantitative estimate of drug-likeness (QED) is 0.534. The number of methoxy groups -OCH3 is 2. The van der Waals surface area contributed by atoms with Crippen molar-refractivity contribution < 1.29 is 19.1 Å². The maximum absolute atomic E-state index is 12.9. The van der Waals surface area contributed by atoms with Crippen LogP contribution in [-0.4, -0.2) is 59.6 Å². The predicted octanol–water partition coefficient (Wildman–Crippen LogP) is 2.61. The third-order valence-corrected chi connectivity index (χ3v) is 6.34. The Balaban J connectivity index is 1.27. The van der Waals surface area contributed by atoms with E-state index in [4.69, 9.17) is 9.47 Å². The molecular weight excluding hydrogens is 448 g/mol. The van der Waals surface area contributed by atoms with Gasteiger partial charge in [0.1, 0.15) is 0 Å². The zero-order valence-electron chi connectivity index (χ0n) is 20.0. The summed E-state index contributed by atoms with van der Waals surface area (Å²) >= 11 is 0. The first-order chi connectivity index (χ1) is 17.0. The lowest BCUT2D eigenvalue weighted by atomic mass is 10.0. The number of aromatic nitrogens is 2. The SMILES string of the molecule is COc1cc2ncn(CCCC(=O)N3CCC(NC(=O)c4ccccc4)CC3)c(=O)c2cc1OC. The third kappa shape index (κ3) is 5.62. The van der Waals surface area contributed by atoms with Crippen molar-refractivity contribution in [2.24, 2.45) is 0 Å². The van der Waals surface area contributed by atoms with Gasteiger partial charge in [-0.25, -0.2) is 4.98 Å². The fraction of sp³-hybridized carbons (Fsp3) is 0.385. The van der Waals surface area contributed by atoms with E-state index in [9.17, 15) is 14.4 Å². The Labute approximate surface area is 203 Å². The van der Waals surface area contributed by atoms with Crippen molar-refractivity contribution in [3.05, 3.63) is 64.7 Å². The molecule has 2 heterocycles. The van der Waals surface area contributed by atoms with E-state index in [1.54, 1.807) is 24.3 Å². The second-order valence-corrected chi connectivity index (χ2v) is 8.57. The van der Waals surface area contributed by atoms with Crippen molar-refractivity contribution in [2.75, 3.05) is 27.3 Å². The van der Waals surface area contributed by atoms with Gasteiger partial charge >= 0.3 is 0 Å². The largest absolute Gasteiger partial charge is 0.493 e. The van der Waals surface area contributed by atoms with Gasteiger partial charge in [-0.3, -0.25) is 19.0 Å². The molecule has 0 spiro atoms. The molecule has 0 unspecified atom stereocenters. The number of ether oxygens (including phenoxy) is 2. The van der Waals surface area contributed by atoms with Gasteiger partial charge in [0, 0.05) is 43.7 Å². The van der Waals surface area contributed by atoms with E-state index in [0.717, 1.165) is 12.8 Å². The van der Waals surface area contributed by atoms with Crippen LogP contribution in [0.25, 0.3) is 10.9 Å². The lowest BCUT2D eigenvalue weighted by molar-refractivity contribution is -0.132. The number of piperidine rings is 1. The summed E-state index contributed by atoms with van der Waals surface area (Å²) in [5.41, 5.74) is 0.989. The first-order valence-corrected chi connectivity index (χ1v) is 11.7. The van der Waals surface area contributed by atoms with E-state index in [0.29, 0.717) is 60.4 Å². The minimum Gasteiger partial charge on any atom is -0.493 e. The smallest absolute Gasteiger partial charge is 0.261 e. The highest BCUT2D eigenvalue weighted by Gasteiger charge is 2.24. The molecular formula is C26H30N4O5. The van der Waals surface area contributed by atoms with E-state index in [1.807, 2.05) is 23.1 Å². The number of likely N-dealkylation sites (tertiary alicyclic amines) is 1. The molecule has 9 nitrogen and oxygen atoms in total. The number of fused-ring (bicyclic) bond motifs is 1. The standard InChI is InChI=1S/C26H30N4O5/c1-34-22-15-20-21(16-23(22)35-2)27-17-30(26(20)33)12-6-9-24(31)29-13-10-19(11-14-29)28-25(32)18-7-4-3-5-8-18/h3-5,7-8,15-17,19H,6,9-14H2,1-2H3,(H,28,32). The monoisotopic (exact) mass is 478 g/mol. The Bertz CT molecular complexity index is 1250. The molecule has 2 aromatic carbocycles. The minimum absolute atomic E-state index is 0.0598. The Morgan fingerprint density at radius 1 is 1.06 bits per heavy atom. The third-order valence-electron chi connectivity index (χ3n) is 6.34. The van der Waals surface area contributed by atoms with E-state index < -0.39 is 0 Å².